The van der Waals surface area contributed by atoms with Gasteiger partial charge in [-0.2, -0.15) is 0 Å². The monoisotopic (exact) mass is 244 g/mol. The first-order valence-corrected chi connectivity index (χ1v) is 7.39. The van der Waals surface area contributed by atoms with E-state index in [0.717, 1.165) is 13.1 Å². The topological polar surface area (TPSA) is 15.3 Å². The summed E-state index contributed by atoms with van der Waals surface area (Å²) in [6.45, 7) is 6.99. The van der Waals surface area contributed by atoms with E-state index in [4.69, 9.17) is 0 Å². The van der Waals surface area contributed by atoms with Crippen LogP contribution in [0.5, 0.6) is 0 Å². The van der Waals surface area contributed by atoms with Gasteiger partial charge in [-0.25, -0.2) is 0 Å². The van der Waals surface area contributed by atoms with Gasteiger partial charge < -0.3 is 5.32 Å². The van der Waals surface area contributed by atoms with Crippen molar-refractivity contribution < 1.29 is 0 Å². The highest BCUT2D eigenvalue weighted by molar-refractivity contribution is 5.38. The minimum absolute atomic E-state index is 0.605. The van der Waals surface area contributed by atoms with Gasteiger partial charge in [0.25, 0.3) is 0 Å². The van der Waals surface area contributed by atoms with Gasteiger partial charge in [0.2, 0.25) is 0 Å². The maximum absolute atomic E-state index is 3.59. The highest BCUT2D eigenvalue weighted by Crippen LogP contribution is 2.31. The van der Waals surface area contributed by atoms with Crippen LogP contribution >= 0.6 is 0 Å². The Balaban J connectivity index is 1.90. The van der Waals surface area contributed by atoms with Gasteiger partial charge >= 0.3 is 0 Å². The van der Waals surface area contributed by atoms with E-state index >= 15 is 0 Å². The zero-order valence-corrected chi connectivity index (χ0v) is 11.4. The molecule has 0 aliphatic carbocycles. The molecule has 2 heterocycles. The van der Waals surface area contributed by atoms with Crippen molar-refractivity contribution >= 4 is 0 Å². The second kappa shape index (κ2) is 5.41. The first-order valence-electron chi connectivity index (χ1n) is 7.39. The number of aryl methyl sites for hydroxylation is 1. The van der Waals surface area contributed by atoms with E-state index < -0.39 is 0 Å². The van der Waals surface area contributed by atoms with Crippen LogP contribution in [0.15, 0.2) is 18.2 Å². The Hall–Kier alpha value is -0.860. The molecule has 2 heteroatoms. The molecule has 1 atom stereocenters. The Morgan fingerprint density at radius 1 is 1.11 bits per heavy atom. The van der Waals surface area contributed by atoms with Crippen LogP contribution in [-0.2, 0) is 6.54 Å². The average molecular weight is 244 g/mol. The number of benzene rings is 1. The van der Waals surface area contributed by atoms with E-state index in [0.29, 0.717) is 6.04 Å². The molecule has 2 nitrogen and oxygen atoms in total. The van der Waals surface area contributed by atoms with Crippen molar-refractivity contribution in [2.75, 3.05) is 19.6 Å². The number of hydrogen-bond donors (Lipinski definition) is 1. The van der Waals surface area contributed by atoms with Gasteiger partial charge in [-0.15, -0.1) is 0 Å². The van der Waals surface area contributed by atoms with Gasteiger partial charge in [0.15, 0.2) is 0 Å². The molecule has 2 aliphatic heterocycles. The van der Waals surface area contributed by atoms with Gasteiger partial charge in [0.05, 0.1) is 0 Å². The second-order valence-corrected chi connectivity index (χ2v) is 5.74. The molecule has 0 radical (unpaired) electrons. The molecule has 1 fully saturated rings. The Morgan fingerprint density at radius 3 is 2.67 bits per heavy atom. The maximum atomic E-state index is 3.59. The first kappa shape index (κ1) is 12.2. The summed E-state index contributed by atoms with van der Waals surface area (Å²) in [5.74, 6) is 0. The number of nitrogens with zero attached hydrogens (tertiary/aromatic N) is 1. The van der Waals surface area contributed by atoms with Crippen LogP contribution in [0.25, 0.3) is 0 Å². The third-order valence-corrected chi connectivity index (χ3v) is 4.48. The lowest BCUT2D eigenvalue weighted by atomic mass is 9.91. The summed E-state index contributed by atoms with van der Waals surface area (Å²) in [7, 11) is 0. The van der Waals surface area contributed by atoms with Gasteiger partial charge in [0.1, 0.15) is 0 Å². The average Bonchev–Trinajstić information content (AvgIpc) is 2.67. The zero-order chi connectivity index (χ0) is 12.4. The lowest BCUT2D eigenvalue weighted by Crippen LogP contribution is -2.40. The molecule has 18 heavy (non-hydrogen) atoms. The minimum atomic E-state index is 0.605. The standard InChI is InChI=1S/C16H24N2/c1-13-7-6-8-14-11-17-12-15(16(13)14)18-9-4-2-3-5-10-18/h6-8,15,17H,2-5,9-12H2,1H3/t15-/m1/s1. The van der Waals surface area contributed by atoms with Gasteiger partial charge in [-0.1, -0.05) is 31.0 Å². The number of nitrogens with one attached hydrogen (secondary N) is 1. The third kappa shape index (κ3) is 2.32. The van der Waals surface area contributed by atoms with Crippen LogP contribution in [0.1, 0.15) is 48.4 Å². The minimum Gasteiger partial charge on any atom is -0.311 e. The quantitative estimate of drug-likeness (QED) is 0.817. The number of hydrogen-bond acceptors (Lipinski definition) is 2. The normalized spacial score (nSPS) is 25.5. The van der Waals surface area contributed by atoms with Crippen LogP contribution in [0.4, 0.5) is 0 Å². The first-order chi connectivity index (χ1) is 8.86. The fraction of sp³-hybridized carbons (Fsp3) is 0.625. The largest absolute Gasteiger partial charge is 0.311 e. The summed E-state index contributed by atoms with van der Waals surface area (Å²) in [6.07, 6.45) is 5.57. The molecule has 0 spiro atoms. The summed E-state index contributed by atoms with van der Waals surface area (Å²) in [4.78, 5) is 2.71. The van der Waals surface area contributed by atoms with E-state index in [1.807, 2.05) is 0 Å². The Morgan fingerprint density at radius 2 is 1.89 bits per heavy atom. The van der Waals surface area contributed by atoms with E-state index in [1.54, 1.807) is 5.56 Å². The smallest absolute Gasteiger partial charge is 0.0478 e. The van der Waals surface area contributed by atoms with E-state index in [1.165, 1.54) is 49.9 Å². The van der Waals surface area contributed by atoms with Crippen LogP contribution < -0.4 is 5.32 Å². The van der Waals surface area contributed by atoms with Crippen LogP contribution in [0, 0.1) is 6.92 Å². The molecule has 2 aliphatic rings. The third-order valence-electron chi connectivity index (χ3n) is 4.48. The van der Waals surface area contributed by atoms with Crippen molar-refractivity contribution in [1.82, 2.24) is 10.2 Å². The maximum Gasteiger partial charge on any atom is 0.0478 e. The molecule has 0 bridgehead atoms. The van der Waals surface area contributed by atoms with Gasteiger partial charge in [-0.3, -0.25) is 4.90 Å². The van der Waals surface area contributed by atoms with E-state index in [9.17, 15) is 0 Å². The lowest BCUT2D eigenvalue weighted by molar-refractivity contribution is 0.191. The summed E-state index contributed by atoms with van der Waals surface area (Å²) in [5.41, 5.74) is 4.59. The Kier molecular flexibility index (Phi) is 3.67. The fourth-order valence-corrected chi connectivity index (χ4v) is 3.54. The Labute approximate surface area is 110 Å². The highest BCUT2D eigenvalue weighted by Gasteiger charge is 2.27. The molecular formula is C16H24N2. The molecule has 0 saturated carbocycles. The van der Waals surface area contributed by atoms with Gasteiger partial charge in [0, 0.05) is 19.1 Å². The summed E-state index contributed by atoms with van der Waals surface area (Å²) in [5, 5.41) is 3.59. The van der Waals surface area contributed by atoms with Gasteiger partial charge in [-0.05, 0) is 49.5 Å². The molecule has 0 amide bonds. The van der Waals surface area contributed by atoms with Crippen molar-refractivity contribution in [2.24, 2.45) is 0 Å². The van der Waals surface area contributed by atoms with E-state index in [-0.39, 0.29) is 0 Å². The second-order valence-electron chi connectivity index (χ2n) is 5.74. The molecule has 3 rings (SSSR count). The molecule has 1 aromatic carbocycles. The predicted octanol–water partition coefficient (Wildman–Crippen LogP) is 3.02. The van der Waals surface area contributed by atoms with Crippen LogP contribution in [0.3, 0.4) is 0 Å². The predicted molar refractivity (Wildman–Crippen MR) is 75.7 cm³/mol. The molecule has 0 aromatic heterocycles. The van der Waals surface area contributed by atoms with Crippen LogP contribution in [0.2, 0.25) is 0 Å². The summed E-state index contributed by atoms with van der Waals surface area (Å²) < 4.78 is 0. The van der Waals surface area contributed by atoms with Crippen molar-refractivity contribution in [2.45, 2.75) is 45.2 Å². The molecule has 1 aromatic rings. The molecule has 0 unspecified atom stereocenters. The molecule has 1 N–H and O–H groups in total. The molecule has 98 valence electrons. The fourth-order valence-electron chi connectivity index (χ4n) is 3.54. The Bertz CT molecular complexity index is 406. The molecular weight excluding hydrogens is 220 g/mol. The zero-order valence-electron chi connectivity index (χ0n) is 11.4. The summed E-state index contributed by atoms with van der Waals surface area (Å²) in [6, 6.07) is 7.36. The van der Waals surface area contributed by atoms with E-state index in [2.05, 4.69) is 35.3 Å². The SMILES string of the molecule is Cc1cccc2c1[C@H](N1CCCCCC1)CNC2. The highest BCUT2D eigenvalue weighted by atomic mass is 15.2. The van der Waals surface area contributed by atoms with Crippen molar-refractivity contribution in [3.8, 4) is 0 Å². The molecule has 1 saturated heterocycles. The van der Waals surface area contributed by atoms with Crippen molar-refractivity contribution in [1.29, 1.82) is 0 Å². The number of likely N-dealkylation sites (tertiary alicyclic amines) is 1. The van der Waals surface area contributed by atoms with Crippen molar-refractivity contribution in [3.63, 3.8) is 0 Å². The lowest BCUT2D eigenvalue weighted by Gasteiger charge is -2.36. The van der Waals surface area contributed by atoms with Crippen LogP contribution in [-0.4, -0.2) is 24.5 Å². The van der Waals surface area contributed by atoms with Crippen molar-refractivity contribution in [3.05, 3.63) is 34.9 Å². The summed E-state index contributed by atoms with van der Waals surface area (Å²) >= 11 is 0. The number of fused-ring (bicyclic) bond motifs is 1. The number of rotatable bonds is 1.